The third kappa shape index (κ3) is 2.24. The number of hydrogen-bond donors (Lipinski definition) is 1. The highest BCUT2D eigenvalue weighted by molar-refractivity contribution is 5.77. The molecule has 3 nitrogen and oxygen atoms in total. The molecule has 0 aromatic heterocycles. The van der Waals surface area contributed by atoms with E-state index >= 15 is 0 Å². The number of nitrogens with two attached hydrogens (primary N) is 1. The second-order valence-electron chi connectivity index (χ2n) is 5.63. The zero-order valence-corrected chi connectivity index (χ0v) is 10.2. The molecule has 0 saturated heterocycles. The Morgan fingerprint density at radius 3 is 2.38 bits per heavy atom. The van der Waals surface area contributed by atoms with E-state index < -0.39 is 0 Å². The molecule has 0 amide bonds. The zero-order valence-electron chi connectivity index (χ0n) is 10.2. The number of rotatable bonds is 3. The average molecular weight is 225 g/mol. The second-order valence-corrected chi connectivity index (χ2v) is 5.63. The lowest BCUT2D eigenvalue weighted by Gasteiger charge is -2.38. The maximum atomic E-state index is 12.2. The van der Waals surface area contributed by atoms with Crippen molar-refractivity contribution in [2.24, 2.45) is 17.1 Å². The van der Waals surface area contributed by atoms with Gasteiger partial charge in [-0.25, -0.2) is 0 Å². The van der Waals surface area contributed by atoms with Crippen LogP contribution in [-0.4, -0.2) is 18.6 Å². The Morgan fingerprint density at radius 1 is 1.31 bits per heavy atom. The Labute approximate surface area is 97.7 Å². The van der Waals surface area contributed by atoms with E-state index in [1.807, 2.05) is 0 Å². The van der Waals surface area contributed by atoms with E-state index in [-0.39, 0.29) is 17.5 Å². The van der Waals surface area contributed by atoms with Crippen molar-refractivity contribution in [2.75, 3.05) is 6.54 Å². The molecule has 0 unspecified atom stereocenters. The summed E-state index contributed by atoms with van der Waals surface area (Å²) >= 11 is 0. The van der Waals surface area contributed by atoms with E-state index in [2.05, 4.69) is 6.92 Å². The van der Waals surface area contributed by atoms with Gasteiger partial charge in [0.15, 0.2) is 0 Å². The van der Waals surface area contributed by atoms with Crippen LogP contribution in [0.25, 0.3) is 0 Å². The first-order valence-electron chi connectivity index (χ1n) is 6.57. The van der Waals surface area contributed by atoms with Crippen LogP contribution in [0.3, 0.4) is 0 Å². The predicted molar refractivity (Wildman–Crippen MR) is 62.9 cm³/mol. The van der Waals surface area contributed by atoms with Crippen LogP contribution in [0.1, 0.15) is 51.9 Å². The van der Waals surface area contributed by atoms with Crippen LogP contribution in [-0.2, 0) is 9.53 Å². The van der Waals surface area contributed by atoms with Crippen LogP contribution in [0, 0.1) is 11.3 Å². The molecule has 3 heteroatoms. The molecule has 2 aliphatic rings. The van der Waals surface area contributed by atoms with Crippen LogP contribution in [0.5, 0.6) is 0 Å². The number of hydrogen-bond acceptors (Lipinski definition) is 3. The predicted octanol–water partition coefficient (Wildman–Crippen LogP) is 2.24. The summed E-state index contributed by atoms with van der Waals surface area (Å²) in [5.74, 6) is 0.711. The molecule has 0 aliphatic heterocycles. The minimum atomic E-state index is -0.359. The van der Waals surface area contributed by atoms with Crippen molar-refractivity contribution in [3.8, 4) is 0 Å². The Bertz CT molecular complexity index is 253. The first kappa shape index (κ1) is 11.9. The summed E-state index contributed by atoms with van der Waals surface area (Å²) in [5.41, 5.74) is 5.46. The van der Waals surface area contributed by atoms with Gasteiger partial charge in [-0.3, -0.25) is 4.79 Å². The number of ether oxygens (including phenoxy) is 1. The molecule has 0 bridgehead atoms. The maximum Gasteiger partial charge on any atom is 0.313 e. The van der Waals surface area contributed by atoms with Crippen LogP contribution in [0.15, 0.2) is 0 Å². The van der Waals surface area contributed by atoms with E-state index in [0.717, 1.165) is 44.4 Å². The number of esters is 1. The van der Waals surface area contributed by atoms with Crippen LogP contribution in [0.2, 0.25) is 0 Å². The van der Waals surface area contributed by atoms with E-state index in [0.29, 0.717) is 6.54 Å². The van der Waals surface area contributed by atoms with Gasteiger partial charge in [-0.15, -0.1) is 0 Å². The lowest BCUT2D eigenvalue weighted by molar-refractivity contribution is -0.167. The molecule has 2 saturated carbocycles. The van der Waals surface area contributed by atoms with Crippen molar-refractivity contribution in [3.63, 3.8) is 0 Å². The lowest BCUT2D eigenvalue weighted by atomic mass is 9.71. The first-order valence-corrected chi connectivity index (χ1v) is 6.57. The summed E-state index contributed by atoms with van der Waals surface area (Å²) in [6.07, 6.45) is 7.52. The normalized spacial score (nSPS) is 35.5. The topological polar surface area (TPSA) is 52.3 Å². The minimum Gasteiger partial charge on any atom is -0.462 e. The number of carbonyl (C=O) groups is 1. The summed E-state index contributed by atoms with van der Waals surface area (Å²) < 4.78 is 5.54. The molecular formula is C13H23NO2. The highest BCUT2D eigenvalue weighted by atomic mass is 16.5. The Hall–Kier alpha value is -0.570. The monoisotopic (exact) mass is 225 g/mol. The molecule has 92 valence electrons. The molecule has 0 aromatic carbocycles. The summed E-state index contributed by atoms with van der Waals surface area (Å²) in [6, 6.07) is 0. The SMILES string of the molecule is CC1CCC(CN)(C(=O)OC2CCC2)CC1. The fraction of sp³-hybridized carbons (Fsp3) is 0.923. The molecule has 0 aromatic rings. The average Bonchev–Trinajstić information content (AvgIpc) is 2.25. The molecular weight excluding hydrogens is 202 g/mol. The minimum absolute atomic E-state index is 0.0217. The van der Waals surface area contributed by atoms with Crippen LogP contribution >= 0.6 is 0 Å². The Balaban J connectivity index is 1.94. The fourth-order valence-corrected chi connectivity index (χ4v) is 2.57. The fourth-order valence-electron chi connectivity index (χ4n) is 2.57. The lowest BCUT2D eigenvalue weighted by Crippen LogP contribution is -2.44. The molecule has 2 aliphatic carbocycles. The molecule has 0 spiro atoms. The van der Waals surface area contributed by atoms with Crippen molar-refractivity contribution in [2.45, 2.75) is 58.0 Å². The van der Waals surface area contributed by atoms with Gasteiger partial charge in [0.2, 0.25) is 0 Å². The van der Waals surface area contributed by atoms with Crippen molar-refractivity contribution in [1.29, 1.82) is 0 Å². The van der Waals surface area contributed by atoms with Crippen molar-refractivity contribution in [3.05, 3.63) is 0 Å². The van der Waals surface area contributed by atoms with Gasteiger partial charge in [-0.05, 0) is 50.9 Å². The van der Waals surface area contributed by atoms with E-state index in [4.69, 9.17) is 10.5 Å². The molecule has 2 rings (SSSR count). The van der Waals surface area contributed by atoms with Crippen molar-refractivity contribution < 1.29 is 9.53 Å². The van der Waals surface area contributed by atoms with E-state index in [9.17, 15) is 4.79 Å². The van der Waals surface area contributed by atoms with Gasteiger partial charge < -0.3 is 10.5 Å². The largest absolute Gasteiger partial charge is 0.462 e. The quantitative estimate of drug-likeness (QED) is 0.749. The summed E-state index contributed by atoms with van der Waals surface area (Å²) in [6.45, 7) is 2.70. The molecule has 0 heterocycles. The molecule has 0 radical (unpaired) electrons. The summed E-state index contributed by atoms with van der Waals surface area (Å²) in [7, 11) is 0. The first-order chi connectivity index (χ1) is 7.66. The third-order valence-electron chi connectivity index (χ3n) is 4.38. The Kier molecular flexibility index (Phi) is 3.53. The smallest absolute Gasteiger partial charge is 0.313 e. The molecule has 2 fully saturated rings. The van der Waals surface area contributed by atoms with Crippen LogP contribution < -0.4 is 5.73 Å². The van der Waals surface area contributed by atoms with Gasteiger partial charge in [-0.2, -0.15) is 0 Å². The van der Waals surface area contributed by atoms with E-state index in [1.165, 1.54) is 6.42 Å². The Morgan fingerprint density at radius 2 is 1.94 bits per heavy atom. The second kappa shape index (κ2) is 4.74. The van der Waals surface area contributed by atoms with Gasteiger partial charge in [0.25, 0.3) is 0 Å². The molecule has 0 atom stereocenters. The summed E-state index contributed by atoms with van der Waals surface area (Å²) in [4.78, 5) is 12.2. The zero-order chi connectivity index (χ0) is 11.6. The highest BCUT2D eigenvalue weighted by Gasteiger charge is 2.42. The third-order valence-corrected chi connectivity index (χ3v) is 4.38. The van der Waals surface area contributed by atoms with Gasteiger partial charge in [0.05, 0.1) is 5.41 Å². The molecule has 16 heavy (non-hydrogen) atoms. The standard InChI is InChI=1S/C13H23NO2/c1-10-5-7-13(9-14,8-6-10)12(15)16-11-3-2-4-11/h10-11H,2-9,14H2,1H3. The van der Waals surface area contributed by atoms with Gasteiger partial charge in [-0.1, -0.05) is 6.92 Å². The molecule has 2 N–H and O–H groups in total. The van der Waals surface area contributed by atoms with Crippen LogP contribution in [0.4, 0.5) is 0 Å². The van der Waals surface area contributed by atoms with Gasteiger partial charge in [0.1, 0.15) is 6.10 Å². The van der Waals surface area contributed by atoms with Crippen molar-refractivity contribution >= 4 is 5.97 Å². The maximum absolute atomic E-state index is 12.2. The number of carbonyl (C=O) groups excluding carboxylic acids is 1. The van der Waals surface area contributed by atoms with E-state index in [1.54, 1.807) is 0 Å². The van der Waals surface area contributed by atoms with Gasteiger partial charge >= 0.3 is 5.97 Å². The summed E-state index contributed by atoms with van der Waals surface area (Å²) in [5, 5.41) is 0. The highest BCUT2D eigenvalue weighted by Crippen LogP contribution is 2.40. The van der Waals surface area contributed by atoms with Crippen molar-refractivity contribution in [1.82, 2.24) is 0 Å². The van der Waals surface area contributed by atoms with Gasteiger partial charge in [0, 0.05) is 6.54 Å².